The molecule has 0 saturated carbocycles. The van der Waals surface area contributed by atoms with Crippen molar-refractivity contribution in [2.75, 3.05) is 39.9 Å². The number of ether oxygens (including phenoxy) is 1. The van der Waals surface area contributed by atoms with Gasteiger partial charge >= 0.3 is 0 Å². The number of nitrogens with one attached hydrogen (secondary N) is 1. The van der Waals surface area contributed by atoms with Gasteiger partial charge in [0, 0.05) is 33.3 Å². The molecule has 1 rings (SSSR count). The van der Waals surface area contributed by atoms with E-state index >= 15 is 0 Å². The van der Waals surface area contributed by atoms with Crippen LogP contribution in [0.2, 0.25) is 0 Å². The molecule has 4 nitrogen and oxygen atoms in total. The Balaban J connectivity index is 0.00000400. The number of hydrogen-bond donors (Lipinski definition) is 1. The van der Waals surface area contributed by atoms with Crippen LogP contribution >= 0.6 is 24.0 Å². The molecule has 1 fully saturated rings. The van der Waals surface area contributed by atoms with Crippen LogP contribution in [-0.4, -0.2) is 50.8 Å². The Labute approximate surface area is 148 Å². The Morgan fingerprint density at radius 2 is 1.86 bits per heavy atom. The van der Waals surface area contributed by atoms with Crippen LogP contribution in [0.15, 0.2) is 4.99 Å². The maximum atomic E-state index is 5.63. The maximum absolute atomic E-state index is 5.63. The second-order valence-electron chi connectivity index (χ2n) is 6.62. The number of guanidine groups is 1. The zero-order valence-corrected chi connectivity index (χ0v) is 16.7. The highest BCUT2D eigenvalue weighted by atomic mass is 127. The molecule has 1 aliphatic heterocycles. The van der Waals surface area contributed by atoms with Crippen molar-refractivity contribution in [3.8, 4) is 0 Å². The van der Waals surface area contributed by atoms with Crippen molar-refractivity contribution in [2.45, 2.75) is 40.5 Å². The van der Waals surface area contributed by atoms with E-state index in [0.29, 0.717) is 5.92 Å². The Kier molecular flexibility index (Phi) is 11.5. The molecule has 0 bridgehead atoms. The van der Waals surface area contributed by atoms with Crippen molar-refractivity contribution >= 4 is 29.9 Å². The van der Waals surface area contributed by atoms with Crippen molar-refractivity contribution in [3.05, 3.63) is 0 Å². The second-order valence-corrected chi connectivity index (χ2v) is 6.62. The summed E-state index contributed by atoms with van der Waals surface area (Å²) in [4.78, 5) is 6.78. The third-order valence-corrected chi connectivity index (χ3v) is 3.75. The molecular formula is C16H34IN3O. The van der Waals surface area contributed by atoms with Gasteiger partial charge < -0.3 is 15.0 Å². The van der Waals surface area contributed by atoms with Crippen molar-refractivity contribution < 1.29 is 4.74 Å². The fourth-order valence-corrected chi connectivity index (χ4v) is 2.82. The van der Waals surface area contributed by atoms with Crippen molar-refractivity contribution in [3.63, 3.8) is 0 Å². The summed E-state index contributed by atoms with van der Waals surface area (Å²) in [6.07, 6.45) is 2.46. The molecule has 0 spiro atoms. The van der Waals surface area contributed by atoms with E-state index in [1.54, 1.807) is 0 Å². The molecule has 0 aromatic carbocycles. The molecule has 2 unspecified atom stereocenters. The smallest absolute Gasteiger partial charge is 0.193 e. The maximum Gasteiger partial charge on any atom is 0.193 e. The molecule has 1 aliphatic rings. The summed E-state index contributed by atoms with van der Waals surface area (Å²) >= 11 is 0. The predicted octanol–water partition coefficient (Wildman–Crippen LogP) is 3.22. The summed E-state index contributed by atoms with van der Waals surface area (Å²) in [7, 11) is 1.87. The highest BCUT2D eigenvalue weighted by Crippen LogP contribution is 2.20. The minimum atomic E-state index is 0. The highest BCUT2D eigenvalue weighted by Gasteiger charge is 2.23. The van der Waals surface area contributed by atoms with E-state index in [1.807, 2.05) is 7.05 Å². The van der Waals surface area contributed by atoms with E-state index in [9.17, 15) is 0 Å². The van der Waals surface area contributed by atoms with Crippen LogP contribution in [0.1, 0.15) is 40.5 Å². The lowest BCUT2D eigenvalue weighted by Gasteiger charge is -2.37. The van der Waals surface area contributed by atoms with Gasteiger partial charge in [0.15, 0.2) is 5.96 Å². The Morgan fingerprint density at radius 3 is 2.38 bits per heavy atom. The third-order valence-electron chi connectivity index (χ3n) is 3.75. The molecule has 0 amide bonds. The van der Waals surface area contributed by atoms with Gasteiger partial charge in [0.1, 0.15) is 0 Å². The molecule has 5 heteroatoms. The first-order chi connectivity index (χ1) is 9.52. The summed E-state index contributed by atoms with van der Waals surface area (Å²) in [5.41, 5.74) is 0. The van der Waals surface area contributed by atoms with Crippen LogP contribution in [0, 0.1) is 17.8 Å². The first-order valence-electron chi connectivity index (χ1n) is 8.06. The number of piperidine rings is 1. The van der Waals surface area contributed by atoms with Gasteiger partial charge in [-0.25, -0.2) is 0 Å². The Hall–Kier alpha value is -0.0400. The van der Waals surface area contributed by atoms with Crippen molar-refractivity contribution in [1.82, 2.24) is 10.2 Å². The van der Waals surface area contributed by atoms with Crippen LogP contribution in [0.3, 0.4) is 0 Å². The third kappa shape index (κ3) is 8.86. The minimum absolute atomic E-state index is 0. The second kappa shape index (κ2) is 11.5. The van der Waals surface area contributed by atoms with Gasteiger partial charge in [0.25, 0.3) is 0 Å². The van der Waals surface area contributed by atoms with Gasteiger partial charge in [0.2, 0.25) is 0 Å². The van der Waals surface area contributed by atoms with Gasteiger partial charge in [-0.15, -0.1) is 24.0 Å². The van der Waals surface area contributed by atoms with Crippen LogP contribution < -0.4 is 5.32 Å². The lowest BCUT2D eigenvalue weighted by Crippen LogP contribution is -2.49. The lowest BCUT2D eigenvalue weighted by atomic mass is 9.92. The summed E-state index contributed by atoms with van der Waals surface area (Å²) in [5.74, 6) is 3.24. The standard InChI is InChI=1S/C16H33N3O.HI/c1-13(2)6-8-20-9-7-18-16(17-5)19-11-14(3)10-15(4)12-19;/h13-15H,6-12H2,1-5H3,(H,17,18);1H. The summed E-state index contributed by atoms with van der Waals surface area (Å²) in [5, 5.41) is 3.42. The number of aliphatic imine (C=N–C) groups is 1. The fraction of sp³-hybridized carbons (Fsp3) is 0.938. The largest absolute Gasteiger partial charge is 0.380 e. The number of rotatable bonds is 6. The quantitative estimate of drug-likeness (QED) is 0.316. The molecule has 0 aromatic heterocycles. The van der Waals surface area contributed by atoms with Crippen LogP contribution in [0.5, 0.6) is 0 Å². The molecule has 2 atom stereocenters. The van der Waals surface area contributed by atoms with Crippen molar-refractivity contribution in [2.24, 2.45) is 22.7 Å². The first kappa shape index (κ1) is 21.0. The van der Waals surface area contributed by atoms with E-state index in [1.165, 1.54) is 6.42 Å². The monoisotopic (exact) mass is 411 g/mol. The minimum Gasteiger partial charge on any atom is -0.380 e. The molecule has 126 valence electrons. The summed E-state index contributed by atoms with van der Waals surface area (Å²) < 4.78 is 5.63. The van der Waals surface area contributed by atoms with Gasteiger partial charge in [-0.2, -0.15) is 0 Å². The molecule has 1 N–H and O–H groups in total. The molecule has 0 radical (unpaired) electrons. The van der Waals surface area contributed by atoms with Gasteiger partial charge in [-0.3, -0.25) is 4.99 Å². The van der Waals surface area contributed by atoms with E-state index in [-0.39, 0.29) is 24.0 Å². The number of nitrogens with zero attached hydrogens (tertiary/aromatic N) is 2. The molecule has 1 heterocycles. The molecular weight excluding hydrogens is 377 g/mol. The van der Waals surface area contributed by atoms with E-state index in [0.717, 1.165) is 57.1 Å². The fourth-order valence-electron chi connectivity index (χ4n) is 2.82. The Morgan fingerprint density at radius 1 is 1.24 bits per heavy atom. The SMILES string of the molecule is CN=C(NCCOCCC(C)C)N1CC(C)CC(C)C1.I. The predicted molar refractivity (Wildman–Crippen MR) is 102 cm³/mol. The zero-order valence-electron chi connectivity index (χ0n) is 14.4. The topological polar surface area (TPSA) is 36.9 Å². The highest BCUT2D eigenvalue weighted by molar-refractivity contribution is 14.0. The molecule has 0 aromatic rings. The molecule has 21 heavy (non-hydrogen) atoms. The number of likely N-dealkylation sites (tertiary alicyclic amines) is 1. The van der Waals surface area contributed by atoms with Gasteiger partial charge in [0.05, 0.1) is 6.61 Å². The van der Waals surface area contributed by atoms with Crippen LogP contribution in [0.4, 0.5) is 0 Å². The number of halogens is 1. The average molecular weight is 411 g/mol. The van der Waals surface area contributed by atoms with E-state index in [4.69, 9.17) is 4.74 Å². The first-order valence-corrected chi connectivity index (χ1v) is 8.06. The molecule has 0 aliphatic carbocycles. The van der Waals surface area contributed by atoms with E-state index in [2.05, 4.69) is 42.9 Å². The zero-order chi connectivity index (χ0) is 15.0. The normalized spacial score (nSPS) is 23.1. The number of hydrogen-bond acceptors (Lipinski definition) is 2. The summed E-state index contributed by atoms with van der Waals surface area (Å²) in [6, 6.07) is 0. The van der Waals surface area contributed by atoms with Gasteiger partial charge in [-0.05, 0) is 30.6 Å². The van der Waals surface area contributed by atoms with Crippen LogP contribution in [-0.2, 0) is 4.74 Å². The van der Waals surface area contributed by atoms with E-state index < -0.39 is 0 Å². The van der Waals surface area contributed by atoms with Crippen LogP contribution in [0.25, 0.3) is 0 Å². The Bertz CT molecular complexity index is 287. The van der Waals surface area contributed by atoms with Gasteiger partial charge in [-0.1, -0.05) is 27.7 Å². The molecule has 1 saturated heterocycles. The summed E-state index contributed by atoms with van der Waals surface area (Å²) in [6.45, 7) is 13.8. The average Bonchev–Trinajstić information content (AvgIpc) is 2.36. The van der Waals surface area contributed by atoms with Crippen molar-refractivity contribution in [1.29, 1.82) is 0 Å². The lowest BCUT2D eigenvalue weighted by molar-refractivity contribution is 0.126.